The van der Waals surface area contributed by atoms with Crippen molar-refractivity contribution in [2.24, 2.45) is 23.5 Å². The van der Waals surface area contributed by atoms with Gasteiger partial charge in [0.25, 0.3) is 11.8 Å². The minimum atomic E-state index is -4.64. The van der Waals surface area contributed by atoms with Gasteiger partial charge >= 0.3 is 48.0 Å². The molecule has 40 heteroatoms. The molecule has 7 fully saturated rings. The molecule has 4 amide bonds. The Morgan fingerprint density at radius 2 is 0.796 bits per heavy atom. The van der Waals surface area contributed by atoms with Crippen molar-refractivity contribution in [3.63, 3.8) is 0 Å². The molecule has 3 spiro atoms. The van der Waals surface area contributed by atoms with Gasteiger partial charge in [0.1, 0.15) is 34.5 Å². The SMILES string of the molecule is C[C@H](OC(=O)CCN)C(=O)OC1=CC[C@@]2(O)[C@H]3Cc4ccc(CO)c5c4[C@@]2(CCN3C)[C@H]1O5.C[C@H](OC(=O)CCNC(=O)C1CCCC1)C(=O)OC1=CC[C@@]2(O)[C@H]3Cc4ccc(CO)c5c4[C@@]2(CCN3C)[C@H]1O5.C[C@H](OC(=O)CCNC(=O)C1CCCC1)C(=O)OC1=CC[C@@]2(O)[C@H]3Cc4ccc(CO)c5c4[C@@]2(CCN3C)[C@H]1O5.ClCCl.O=C(ON1C(=O)CCC1=O)C1CCCC1.O=CC(F)(F)F. The van der Waals surface area contributed by atoms with Crippen LogP contribution in [0.5, 0.6) is 17.2 Å². The maximum Gasteiger partial charge on any atom is 0.446 e. The highest BCUT2D eigenvalue weighted by Crippen LogP contribution is 2.68. The zero-order valence-corrected chi connectivity index (χ0v) is 79.1. The average Bonchev–Trinajstić information content (AvgIpc) is 1.54. The molecule has 19 rings (SSSR count). The van der Waals surface area contributed by atoms with Crippen LogP contribution in [0.2, 0.25) is 0 Å². The number of nitrogens with two attached hydrogens (primary N) is 1. The van der Waals surface area contributed by atoms with Gasteiger partial charge in [-0.3, -0.25) is 38.4 Å². The summed E-state index contributed by atoms with van der Waals surface area (Å²) in [6, 6.07) is 11.2. The summed E-state index contributed by atoms with van der Waals surface area (Å²) in [7, 11) is 6.05. The molecule has 0 aromatic heterocycles. The highest BCUT2D eigenvalue weighted by molar-refractivity contribution is 6.40. The molecule has 0 unspecified atom stereocenters. The van der Waals surface area contributed by atoms with Crippen LogP contribution < -0.4 is 30.6 Å². The Kier molecular flexibility index (Phi) is 31.9. The molecule has 3 saturated carbocycles. The van der Waals surface area contributed by atoms with Crippen molar-refractivity contribution in [1.29, 1.82) is 0 Å². The number of aliphatic hydroxyl groups is 6. The summed E-state index contributed by atoms with van der Waals surface area (Å²) in [6.45, 7) is 6.41. The standard InChI is InChI=1S/2C30H38N2O8.C24H30N2O7.C10H13NO4.C2HF3O.CH2Cl2/c2*1-17(38-23(34)10-13-31-27(35)18-5-3-4-6-18)28(36)39-21-9-11-30(37)22-15-19-7-8-20(16-33)25-24(19)29(30,26(21)40-25)12-14-32(22)2;1-13(31-18(28)6-9-25)22(29)32-16-5-7-24(30)17-11-14-3-4-15(12-27)20-19(14)23(24,21(16)33-20)8-10-26(17)2;12-8-5-6-9(13)11(8)15-10(14)7-3-1-2-4-7;3-2(4,5)1-6;2-1-3/h2*7-9,17-18,22,26,33,37H,3-6,10-16H2,1-2H3,(H,31,35);3-5,13,17,21,27,30H,6-12,25H2,1-2H3;7H,1-6H2;1H;1H2/t2*17-,22+,26-,29-,30+;13-,17+,21-,23-,24+;;;/m000.../s1. The smallest absolute Gasteiger partial charge is 0.446 e. The van der Waals surface area contributed by atoms with E-state index in [2.05, 4.69) is 25.3 Å². The van der Waals surface area contributed by atoms with Gasteiger partial charge in [0.05, 0.1) is 83.4 Å². The van der Waals surface area contributed by atoms with Crippen molar-refractivity contribution in [2.45, 2.75) is 302 Å². The number of alkyl halides is 5. The molecule has 7 heterocycles. The first-order chi connectivity index (χ1) is 65.3. The lowest BCUT2D eigenvalue weighted by atomic mass is 9.50. The maximum absolute atomic E-state index is 13.1. The van der Waals surface area contributed by atoms with E-state index in [0.717, 1.165) is 130 Å². The van der Waals surface area contributed by atoms with Crippen molar-refractivity contribution in [2.75, 3.05) is 65.8 Å². The van der Waals surface area contributed by atoms with Crippen molar-refractivity contribution in [3.05, 3.63) is 122 Å². The number of benzene rings is 3. The number of carbonyl (C=O) groups excluding carboxylic acids is 12. The molecule has 137 heavy (non-hydrogen) atoms. The Labute approximate surface area is 800 Å². The second-order valence-corrected chi connectivity index (χ2v) is 39.0. The van der Waals surface area contributed by atoms with E-state index in [0.29, 0.717) is 89.7 Å². The third-order valence-corrected chi connectivity index (χ3v) is 30.5. The zero-order valence-electron chi connectivity index (χ0n) is 77.6. The zero-order chi connectivity index (χ0) is 98.8. The number of piperidine rings is 3. The Morgan fingerprint density at radius 3 is 1.08 bits per heavy atom. The van der Waals surface area contributed by atoms with Crippen molar-refractivity contribution in [3.8, 4) is 17.2 Å². The maximum atomic E-state index is 13.1. The Balaban J connectivity index is 0.000000147. The molecule has 6 bridgehead atoms. The molecule has 15 atom stereocenters. The Morgan fingerprint density at radius 1 is 0.504 bits per heavy atom. The number of aliphatic hydroxyl groups excluding tert-OH is 3. The van der Waals surface area contributed by atoms with Gasteiger partial charge in [-0.2, -0.15) is 13.2 Å². The molecular weight excluding hydrogens is 1840 g/mol. The van der Waals surface area contributed by atoms with E-state index in [-0.39, 0.29) is 149 Å². The quantitative estimate of drug-likeness (QED) is 0.0152. The Bertz CT molecular complexity index is 5030. The van der Waals surface area contributed by atoms with Gasteiger partial charge in [0, 0.05) is 115 Å². The number of hydroxylamine groups is 2. The van der Waals surface area contributed by atoms with Gasteiger partial charge < -0.3 is 109 Å². The minimum absolute atomic E-state index is 0.0130. The van der Waals surface area contributed by atoms with E-state index in [9.17, 15) is 96.6 Å². The van der Waals surface area contributed by atoms with Crippen molar-refractivity contribution >= 4 is 94.9 Å². The highest BCUT2D eigenvalue weighted by atomic mass is 35.5. The molecule has 0 radical (unpaired) electrons. The fraction of sp³-hybridized carbons (Fsp3) is 0.629. The monoisotopic (exact) mass is 1960 g/mol. The topological polar surface area (TPSA) is 482 Å². The average molecular weight is 1960 g/mol. The number of rotatable bonds is 24. The summed E-state index contributed by atoms with van der Waals surface area (Å²) in [4.78, 5) is 154. The van der Waals surface area contributed by atoms with E-state index >= 15 is 0 Å². The van der Waals surface area contributed by atoms with Gasteiger partial charge in [-0.15, -0.1) is 28.3 Å². The number of nitrogens with one attached hydrogen (secondary N) is 2. The molecule has 3 aromatic carbocycles. The molecule has 4 saturated heterocycles. The fourth-order valence-electron chi connectivity index (χ4n) is 23.7. The lowest BCUT2D eigenvalue weighted by Crippen LogP contribution is -2.74. The van der Waals surface area contributed by atoms with Crippen LogP contribution in [0.1, 0.15) is 219 Å². The third-order valence-electron chi connectivity index (χ3n) is 30.5. The molecule has 748 valence electrons. The van der Waals surface area contributed by atoms with E-state index in [1.807, 2.05) is 57.5 Å². The molecule has 3 aromatic rings. The lowest BCUT2D eigenvalue weighted by Gasteiger charge is -2.61. The predicted molar refractivity (Wildman–Crippen MR) is 478 cm³/mol. The fourth-order valence-corrected chi connectivity index (χ4v) is 23.7. The number of esters is 6. The van der Waals surface area contributed by atoms with Gasteiger partial charge in [-0.1, -0.05) is 74.9 Å². The van der Waals surface area contributed by atoms with Crippen LogP contribution in [0.4, 0.5) is 13.2 Å². The number of likely N-dealkylation sites (N-methyl/N-ethyl adjacent to an activating group) is 3. The second kappa shape index (κ2) is 42.4. The van der Waals surface area contributed by atoms with E-state index in [4.69, 9.17) is 81.2 Å². The van der Waals surface area contributed by atoms with Crippen LogP contribution >= 0.6 is 23.2 Å². The van der Waals surface area contributed by atoms with E-state index in [1.54, 1.807) is 18.2 Å². The molecule has 7 aliphatic heterocycles. The number of aldehydes is 1. The normalized spacial score (nSPS) is 29.0. The molecular formula is C97H122Cl2F3N7O28. The van der Waals surface area contributed by atoms with E-state index < -0.39 is 136 Å². The van der Waals surface area contributed by atoms with E-state index in [1.165, 1.54) is 20.8 Å². The second-order valence-electron chi connectivity index (χ2n) is 38.2. The minimum Gasteiger partial charge on any atom is -0.481 e. The number of ether oxygens (including phenoxy) is 9. The summed E-state index contributed by atoms with van der Waals surface area (Å²) in [5.74, 6) is -2.80. The lowest BCUT2D eigenvalue weighted by molar-refractivity contribution is -0.200. The van der Waals surface area contributed by atoms with Crippen molar-refractivity contribution < 1.29 is 149 Å². The molecule has 16 aliphatic rings. The van der Waals surface area contributed by atoms with Crippen LogP contribution in [-0.4, -0.2) is 266 Å². The number of amides is 4. The van der Waals surface area contributed by atoms with Gasteiger partial charge in [0.2, 0.25) is 18.1 Å². The number of hydrogen-bond donors (Lipinski definition) is 9. The van der Waals surface area contributed by atoms with Crippen LogP contribution in [0.15, 0.2) is 71.9 Å². The first-order valence-corrected chi connectivity index (χ1v) is 48.3. The summed E-state index contributed by atoms with van der Waals surface area (Å²) in [5, 5.41) is 73.0. The summed E-state index contributed by atoms with van der Waals surface area (Å²) >= 11 is 9.53. The van der Waals surface area contributed by atoms with Crippen LogP contribution in [0, 0.1) is 17.8 Å². The highest BCUT2D eigenvalue weighted by Gasteiger charge is 2.75. The molecule has 10 N–H and O–H groups in total. The number of carbonyl (C=O) groups is 12. The van der Waals surface area contributed by atoms with Crippen molar-refractivity contribution in [1.82, 2.24) is 30.4 Å². The van der Waals surface area contributed by atoms with Crippen LogP contribution in [0.3, 0.4) is 0 Å². The number of hydrogen-bond acceptors (Lipinski definition) is 32. The number of imide groups is 1. The summed E-state index contributed by atoms with van der Waals surface area (Å²) in [5.41, 5.74) is 7.47. The Hall–Kier alpha value is -9.71. The summed E-state index contributed by atoms with van der Waals surface area (Å²) in [6.07, 6.45) is 10.1. The summed E-state index contributed by atoms with van der Waals surface area (Å²) < 4.78 is 83.7. The largest absolute Gasteiger partial charge is 0.481 e. The third kappa shape index (κ3) is 19.5. The number of nitrogens with zero attached hydrogens (tertiary/aromatic N) is 4. The number of halogens is 5. The first kappa shape index (κ1) is 103. The first-order valence-electron chi connectivity index (χ1n) is 47.2. The number of likely N-dealkylation sites (tertiary alicyclic amines) is 3. The molecule has 35 nitrogen and oxygen atoms in total. The molecule has 9 aliphatic carbocycles. The van der Waals surface area contributed by atoms with Crippen LogP contribution in [-0.2, 0) is 146 Å². The van der Waals surface area contributed by atoms with Gasteiger partial charge in [0.15, 0.2) is 36.6 Å². The van der Waals surface area contributed by atoms with Crippen LogP contribution in [0.25, 0.3) is 0 Å². The van der Waals surface area contributed by atoms with Gasteiger partial charge in [-0.25, -0.2) is 19.2 Å². The van der Waals surface area contributed by atoms with Gasteiger partial charge in [-0.05, 0) is 174 Å². The predicted octanol–water partition coefficient (Wildman–Crippen LogP) is 6.49.